The summed E-state index contributed by atoms with van der Waals surface area (Å²) in [6.45, 7) is 0.617. The van der Waals surface area contributed by atoms with Crippen LogP contribution >= 0.6 is 0 Å². The molecule has 0 spiro atoms. The summed E-state index contributed by atoms with van der Waals surface area (Å²) in [4.78, 5) is 25.6. The van der Waals surface area contributed by atoms with E-state index in [0.717, 1.165) is 5.69 Å². The largest absolute Gasteiger partial charge is 0.357 e. The summed E-state index contributed by atoms with van der Waals surface area (Å²) in [6, 6.07) is 2.83. The third-order valence-electron chi connectivity index (χ3n) is 3.65. The number of aryl methyl sites for hydroxylation is 1. The van der Waals surface area contributed by atoms with Gasteiger partial charge in [-0.25, -0.2) is 0 Å². The number of nitrogens with one attached hydrogen (secondary N) is 2. The smallest absolute Gasteiger partial charge is 0.271 e. The molecule has 0 bridgehead atoms. The molecule has 9 heteroatoms. The molecule has 23 heavy (non-hydrogen) atoms. The van der Waals surface area contributed by atoms with E-state index in [9.17, 15) is 9.59 Å². The van der Waals surface area contributed by atoms with Crippen molar-refractivity contribution in [3.8, 4) is 0 Å². The van der Waals surface area contributed by atoms with Gasteiger partial charge < -0.3 is 15.5 Å². The summed E-state index contributed by atoms with van der Waals surface area (Å²) in [5.41, 5.74) is 1.01. The van der Waals surface area contributed by atoms with Crippen LogP contribution in [0.1, 0.15) is 16.9 Å². The van der Waals surface area contributed by atoms with Gasteiger partial charge in [0.25, 0.3) is 5.91 Å². The summed E-state index contributed by atoms with van der Waals surface area (Å²) in [7, 11) is 3.34. The van der Waals surface area contributed by atoms with E-state index in [0.29, 0.717) is 18.8 Å². The van der Waals surface area contributed by atoms with Crippen LogP contribution in [0.5, 0.6) is 0 Å². The highest BCUT2D eigenvalue weighted by Gasteiger charge is 2.33. The minimum Gasteiger partial charge on any atom is -0.357 e. The lowest BCUT2D eigenvalue weighted by Gasteiger charge is -2.15. The Morgan fingerprint density at radius 1 is 1.35 bits per heavy atom. The predicted molar refractivity (Wildman–Crippen MR) is 83.0 cm³/mol. The molecular formula is C14H17N7O2. The van der Waals surface area contributed by atoms with Crippen LogP contribution in [0.2, 0.25) is 0 Å². The fourth-order valence-corrected chi connectivity index (χ4v) is 2.45. The molecule has 1 saturated heterocycles. The monoisotopic (exact) mass is 315 g/mol. The SMILES string of the molecule is CNC(=O)c1ccc(NC2CCN(c3cnn(C)c3)C2=O)nn1. The topological polar surface area (TPSA) is 105 Å². The summed E-state index contributed by atoms with van der Waals surface area (Å²) in [5, 5.41) is 17.4. The molecule has 2 amide bonds. The van der Waals surface area contributed by atoms with Gasteiger partial charge >= 0.3 is 0 Å². The Hall–Kier alpha value is -2.97. The molecule has 2 N–H and O–H groups in total. The Balaban J connectivity index is 1.67. The van der Waals surface area contributed by atoms with Crippen molar-refractivity contribution >= 4 is 23.3 Å². The van der Waals surface area contributed by atoms with Gasteiger partial charge in [-0.2, -0.15) is 5.10 Å². The predicted octanol–water partition coefficient (Wildman–Crippen LogP) is -0.213. The van der Waals surface area contributed by atoms with Crippen molar-refractivity contribution in [1.82, 2.24) is 25.3 Å². The molecule has 1 fully saturated rings. The Morgan fingerprint density at radius 2 is 2.17 bits per heavy atom. The van der Waals surface area contributed by atoms with Crippen LogP contribution in [-0.2, 0) is 11.8 Å². The number of carbonyl (C=O) groups is 2. The van der Waals surface area contributed by atoms with Crippen LogP contribution in [-0.4, -0.2) is 51.4 Å². The average Bonchev–Trinajstić information content (AvgIpc) is 3.14. The highest BCUT2D eigenvalue weighted by Crippen LogP contribution is 2.22. The molecule has 0 radical (unpaired) electrons. The molecule has 2 aromatic rings. The fraction of sp³-hybridized carbons (Fsp3) is 0.357. The van der Waals surface area contributed by atoms with Crippen molar-refractivity contribution in [2.75, 3.05) is 23.8 Å². The maximum absolute atomic E-state index is 12.5. The van der Waals surface area contributed by atoms with Gasteiger partial charge in [0, 0.05) is 26.8 Å². The Bertz CT molecular complexity index is 725. The van der Waals surface area contributed by atoms with Crippen LogP contribution in [0.15, 0.2) is 24.5 Å². The van der Waals surface area contributed by atoms with Gasteiger partial charge in [-0.15, -0.1) is 10.2 Å². The Morgan fingerprint density at radius 3 is 2.78 bits per heavy atom. The number of hydrogen-bond acceptors (Lipinski definition) is 6. The lowest BCUT2D eigenvalue weighted by Crippen LogP contribution is -2.33. The second kappa shape index (κ2) is 6.03. The molecule has 0 aromatic carbocycles. The fourth-order valence-electron chi connectivity index (χ4n) is 2.45. The minimum absolute atomic E-state index is 0.0322. The molecule has 1 aliphatic heterocycles. The molecule has 9 nitrogen and oxygen atoms in total. The number of amides is 2. The molecule has 1 unspecified atom stereocenters. The zero-order valence-electron chi connectivity index (χ0n) is 12.9. The van der Waals surface area contributed by atoms with Crippen LogP contribution in [0.25, 0.3) is 0 Å². The maximum atomic E-state index is 12.5. The molecule has 0 aliphatic carbocycles. The standard InChI is InChI=1S/C14H17N7O2/c1-15-13(22)10-3-4-12(19-18-10)17-11-5-6-21(14(11)23)9-7-16-20(2)8-9/h3-4,7-8,11H,5-6H2,1-2H3,(H,15,22)(H,17,19). The van der Waals surface area contributed by atoms with Crippen LogP contribution < -0.4 is 15.5 Å². The van der Waals surface area contributed by atoms with E-state index in [4.69, 9.17) is 0 Å². The molecule has 1 atom stereocenters. The number of aromatic nitrogens is 4. The first-order valence-corrected chi connectivity index (χ1v) is 7.21. The van der Waals surface area contributed by atoms with E-state index in [1.165, 1.54) is 7.05 Å². The van der Waals surface area contributed by atoms with Crippen LogP contribution in [0.4, 0.5) is 11.5 Å². The normalized spacial score (nSPS) is 17.4. The van der Waals surface area contributed by atoms with Gasteiger partial charge in [0.1, 0.15) is 11.9 Å². The number of rotatable bonds is 4. The van der Waals surface area contributed by atoms with Gasteiger partial charge in [0.05, 0.1) is 11.9 Å². The summed E-state index contributed by atoms with van der Waals surface area (Å²) in [5.74, 6) is 0.128. The first kappa shape index (κ1) is 14.9. The zero-order chi connectivity index (χ0) is 16.4. The highest BCUT2D eigenvalue weighted by molar-refractivity contribution is 6.00. The Labute approximate surface area is 132 Å². The van der Waals surface area contributed by atoms with Crippen LogP contribution in [0.3, 0.4) is 0 Å². The van der Waals surface area contributed by atoms with E-state index in [1.54, 1.807) is 34.1 Å². The van der Waals surface area contributed by atoms with Crippen LogP contribution in [0, 0.1) is 0 Å². The Kier molecular flexibility index (Phi) is 3.92. The van der Waals surface area contributed by atoms with Crippen molar-refractivity contribution in [3.63, 3.8) is 0 Å². The average molecular weight is 315 g/mol. The lowest BCUT2D eigenvalue weighted by molar-refractivity contribution is -0.117. The molecule has 2 aromatic heterocycles. The van der Waals surface area contributed by atoms with E-state index < -0.39 is 0 Å². The molecule has 1 aliphatic rings. The van der Waals surface area contributed by atoms with Gasteiger partial charge in [-0.1, -0.05) is 0 Å². The van der Waals surface area contributed by atoms with Gasteiger partial charge in [0.15, 0.2) is 5.69 Å². The van der Waals surface area contributed by atoms with Crippen molar-refractivity contribution in [2.45, 2.75) is 12.5 Å². The minimum atomic E-state index is -0.365. The molecular weight excluding hydrogens is 298 g/mol. The second-order valence-corrected chi connectivity index (χ2v) is 5.23. The number of hydrogen-bond donors (Lipinski definition) is 2. The van der Waals surface area contributed by atoms with Crippen molar-refractivity contribution in [1.29, 1.82) is 0 Å². The van der Waals surface area contributed by atoms with Gasteiger partial charge in [0.2, 0.25) is 5.91 Å². The third kappa shape index (κ3) is 2.98. The van der Waals surface area contributed by atoms with Gasteiger partial charge in [-0.3, -0.25) is 14.3 Å². The third-order valence-corrected chi connectivity index (χ3v) is 3.65. The van der Waals surface area contributed by atoms with Crippen molar-refractivity contribution < 1.29 is 9.59 Å². The molecule has 0 saturated carbocycles. The number of carbonyl (C=O) groups excluding carboxylic acids is 2. The summed E-state index contributed by atoms with van der Waals surface area (Å²) in [6.07, 6.45) is 4.13. The van der Waals surface area contributed by atoms with E-state index in [1.807, 2.05) is 7.05 Å². The van der Waals surface area contributed by atoms with Crippen molar-refractivity contribution in [3.05, 3.63) is 30.2 Å². The molecule has 120 valence electrons. The number of nitrogens with zero attached hydrogens (tertiary/aromatic N) is 5. The second-order valence-electron chi connectivity index (χ2n) is 5.23. The van der Waals surface area contributed by atoms with Crippen molar-refractivity contribution in [2.24, 2.45) is 7.05 Å². The van der Waals surface area contributed by atoms with E-state index in [2.05, 4.69) is 25.9 Å². The summed E-state index contributed by atoms with van der Waals surface area (Å²) < 4.78 is 1.66. The zero-order valence-corrected chi connectivity index (χ0v) is 12.9. The molecule has 3 rings (SSSR count). The van der Waals surface area contributed by atoms with Gasteiger partial charge in [-0.05, 0) is 18.6 Å². The molecule has 3 heterocycles. The van der Waals surface area contributed by atoms with E-state index >= 15 is 0 Å². The first-order valence-electron chi connectivity index (χ1n) is 7.21. The first-order chi connectivity index (χ1) is 11.1. The number of anilines is 2. The lowest BCUT2D eigenvalue weighted by atomic mass is 10.2. The summed E-state index contributed by atoms with van der Waals surface area (Å²) >= 11 is 0. The maximum Gasteiger partial charge on any atom is 0.271 e. The van der Waals surface area contributed by atoms with E-state index in [-0.39, 0.29) is 23.6 Å². The quantitative estimate of drug-likeness (QED) is 0.808. The highest BCUT2D eigenvalue weighted by atomic mass is 16.2.